The van der Waals surface area contributed by atoms with Crippen molar-refractivity contribution < 1.29 is 10.2 Å². The Morgan fingerprint density at radius 1 is 0.714 bits per heavy atom. The van der Waals surface area contributed by atoms with Crippen LogP contribution in [0.2, 0.25) is 0 Å². The first-order chi connectivity index (χ1) is 13.6. The average Bonchev–Trinajstić information content (AvgIpc) is 2.73. The summed E-state index contributed by atoms with van der Waals surface area (Å²) in [4.78, 5) is 0. The second-order valence-corrected chi connectivity index (χ2v) is 6.89. The number of benzene rings is 3. The minimum atomic E-state index is 0.253. The van der Waals surface area contributed by atoms with E-state index in [1.54, 1.807) is 24.3 Å². The zero-order chi connectivity index (χ0) is 19.9. The zero-order valence-corrected chi connectivity index (χ0v) is 16.2. The summed E-state index contributed by atoms with van der Waals surface area (Å²) in [5.41, 5.74) is 12.5. The predicted octanol–water partition coefficient (Wildman–Crippen LogP) is 5.36. The fourth-order valence-corrected chi connectivity index (χ4v) is 3.48. The Morgan fingerprint density at radius 3 is 1.64 bits per heavy atom. The van der Waals surface area contributed by atoms with Crippen LogP contribution in [0, 0.1) is 0 Å². The summed E-state index contributed by atoms with van der Waals surface area (Å²) in [6.07, 6.45) is 2.80. The summed E-state index contributed by atoms with van der Waals surface area (Å²) < 4.78 is 0. The average molecular weight is 373 g/mol. The lowest BCUT2D eigenvalue weighted by Crippen LogP contribution is -2.00. The van der Waals surface area contributed by atoms with Crippen LogP contribution in [0.15, 0.2) is 72.8 Å². The molecule has 0 aliphatic rings. The number of aryl methyl sites for hydroxylation is 1. The summed E-state index contributed by atoms with van der Waals surface area (Å²) >= 11 is 0. The van der Waals surface area contributed by atoms with Gasteiger partial charge in [-0.1, -0.05) is 55.5 Å². The second-order valence-electron chi connectivity index (χ2n) is 6.89. The highest BCUT2D eigenvalue weighted by molar-refractivity contribution is 5.98. The van der Waals surface area contributed by atoms with Crippen LogP contribution in [0.1, 0.15) is 42.0 Å². The maximum atomic E-state index is 9.72. The van der Waals surface area contributed by atoms with Gasteiger partial charge in [-0.05, 0) is 83.5 Å². The SMILES string of the molecule is CC/C(=C(/c1ccc(O)cc1)c1ccc(CCCN)cc1)c1ccc(O)cc1. The lowest BCUT2D eigenvalue weighted by atomic mass is 9.87. The Kier molecular flexibility index (Phi) is 6.51. The van der Waals surface area contributed by atoms with Crippen LogP contribution in [0.3, 0.4) is 0 Å². The molecule has 0 atom stereocenters. The Balaban J connectivity index is 2.13. The molecule has 4 N–H and O–H groups in total. The van der Waals surface area contributed by atoms with Crippen molar-refractivity contribution in [3.05, 3.63) is 95.1 Å². The summed E-state index contributed by atoms with van der Waals surface area (Å²) in [5, 5.41) is 19.4. The van der Waals surface area contributed by atoms with Crippen LogP contribution >= 0.6 is 0 Å². The van der Waals surface area contributed by atoms with Crippen LogP contribution < -0.4 is 5.73 Å². The molecule has 0 amide bonds. The molecule has 0 heterocycles. The lowest BCUT2D eigenvalue weighted by Gasteiger charge is -2.17. The number of hydrogen-bond donors (Lipinski definition) is 3. The first-order valence-electron chi connectivity index (χ1n) is 9.73. The molecule has 144 valence electrons. The van der Waals surface area contributed by atoms with Crippen molar-refractivity contribution in [2.75, 3.05) is 6.54 Å². The van der Waals surface area contributed by atoms with Crippen molar-refractivity contribution in [1.29, 1.82) is 0 Å². The molecular formula is C25H27NO2. The van der Waals surface area contributed by atoms with Crippen molar-refractivity contribution >= 4 is 11.1 Å². The maximum Gasteiger partial charge on any atom is 0.115 e. The van der Waals surface area contributed by atoms with Gasteiger partial charge in [0.2, 0.25) is 0 Å². The molecule has 0 spiro atoms. The van der Waals surface area contributed by atoms with Crippen LogP contribution in [-0.2, 0) is 6.42 Å². The van der Waals surface area contributed by atoms with Gasteiger partial charge >= 0.3 is 0 Å². The van der Waals surface area contributed by atoms with Crippen LogP contribution in [0.5, 0.6) is 11.5 Å². The highest BCUT2D eigenvalue weighted by Crippen LogP contribution is 2.35. The van der Waals surface area contributed by atoms with E-state index < -0.39 is 0 Å². The smallest absolute Gasteiger partial charge is 0.115 e. The quantitative estimate of drug-likeness (QED) is 0.489. The first-order valence-corrected chi connectivity index (χ1v) is 9.73. The molecule has 28 heavy (non-hydrogen) atoms. The van der Waals surface area contributed by atoms with Gasteiger partial charge in [-0.2, -0.15) is 0 Å². The molecule has 0 radical (unpaired) electrons. The number of phenols is 2. The van der Waals surface area contributed by atoms with Gasteiger partial charge in [0.15, 0.2) is 0 Å². The van der Waals surface area contributed by atoms with E-state index in [-0.39, 0.29) is 11.5 Å². The van der Waals surface area contributed by atoms with Crippen molar-refractivity contribution in [1.82, 2.24) is 0 Å². The zero-order valence-electron chi connectivity index (χ0n) is 16.2. The van der Waals surface area contributed by atoms with Gasteiger partial charge < -0.3 is 15.9 Å². The Morgan fingerprint density at radius 2 is 1.18 bits per heavy atom. The van der Waals surface area contributed by atoms with Crippen molar-refractivity contribution in [3.63, 3.8) is 0 Å². The molecule has 0 aromatic heterocycles. The number of hydrogen-bond acceptors (Lipinski definition) is 3. The van der Waals surface area contributed by atoms with E-state index in [2.05, 4.69) is 31.2 Å². The highest BCUT2D eigenvalue weighted by atomic mass is 16.3. The molecule has 0 aliphatic heterocycles. The number of nitrogens with two attached hydrogens (primary N) is 1. The van der Waals surface area contributed by atoms with E-state index in [0.717, 1.165) is 41.5 Å². The third-order valence-corrected chi connectivity index (χ3v) is 4.94. The summed E-state index contributed by atoms with van der Waals surface area (Å²) in [7, 11) is 0. The molecule has 0 bridgehead atoms. The number of aromatic hydroxyl groups is 2. The van der Waals surface area contributed by atoms with Crippen molar-refractivity contribution in [3.8, 4) is 11.5 Å². The highest BCUT2D eigenvalue weighted by Gasteiger charge is 2.13. The summed E-state index contributed by atoms with van der Waals surface area (Å²) in [5.74, 6) is 0.512. The number of phenolic OH excluding ortho intramolecular Hbond substituents is 2. The van der Waals surface area contributed by atoms with Gasteiger partial charge in [0.1, 0.15) is 11.5 Å². The molecule has 0 aliphatic carbocycles. The fourth-order valence-electron chi connectivity index (χ4n) is 3.48. The Bertz CT molecular complexity index is 924. The fraction of sp³-hybridized carbons (Fsp3) is 0.200. The molecule has 0 saturated carbocycles. The largest absolute Gasteiger partial charge is 0.508 e. The summed E-state index contributed by atoms with van der Waals surface area (Å²) in [6.45, 7) is 2.83. The molecule has 3 aromatic rings. The predicted molar refractivity (Wildman–Crippen MR) is 116 cm³/mol. The van der Waals surface area contributed by atoms with Gasteiger partial charge in [-0.25, -0.2) is 0 Å². The van der Waals surface area contributed by atoms with E-state index in [0.29, 0.717) is 6.54 Å². The molecule has 3 aromatic carbocycles. The third kappa shape index (κ3) is 4.62. The minimum Gasteiger partial charge on any atom is -0.508 e. The third-order valence-electron chi connectivity index (χ3n) is 4.94. The molecule has 0 saturated heterocycles. The van der Waals surface area contributed by atoms with Gasteiger partial charge in [-0.3, -0.25) is 0 Å². The van der Waals surface area contributed by atoms with E-state index in [9.17, 15) is 10.2 Å². The van der Waals surface area contributed by atoms with Crippen LogP contribution in [0.25, 0.3) is 11.1 Å². The van der Waals surface area contributed by atoms with E-state index >= 15 is 0 Å². The number of rotatable bonds is 7. The maximum absolute atomic E-state index is 9.72. The molecule has 0 fully saturated rings. The van der Waals surface area contributed by atoms with Crippen molar-refractivity contribution in [2.24, 2.45) is 5.73 Å². The Hall–Kier alpha value is -3.04. The Labute approximate surface area is 166 Å². The van der Waals surface area contributed by atoms with Gasteiger partial charge in [-0.15, -0.1) is 0 Å². The van der Waals surface area contributed by atoms with Gasteiger partial charge in [0, 0.05) is 0 Å². The first kappa shape index (κ1) is 19.7. The molecular weight excluding hydrogens is 346 g/mol. The monoisotopic (exact) mass is 373 g/mol. The van der Waals surface area contributed by atoms with Gasteiger partial charge in [0.25, 0.3) is 0 Å². The van der Waals surface area contributed by atoms with Crippen LogP contribution in [-0.4, -0.2) is 16.8 Å². The van der Waals surface area contributed by atoms with Crippen molar-refractivity contribution in [2.45, 2.75) is 26.2 Å². The molecule has 3 nitrogen and oxygen atoms in total. The van der Waals surface area contributed by atoms with E-state index in [1.807, 2.05) is 24.3 Å². The second kappa shape index (κ2) is 9.25. The molecule has 3 heteroatoms. The molecule has 3 rings (SSSR count). The summed E-state index contributed by atoms with van der Waals surface area (Å²) in [6, 6.07) is 23.3. The van der Waals surface area contributed by atoms with E-state index in [1.165, 1.54) is 11.1 Å². The minimum absolute atomic E-state index is 0.253. The standard InChI is InChI=1S/C25H27NO2/c1-2-24(19-9-13-22(27)14-10-19)25(21-11-15-23(28)16-12-21)20-7-5-18(6-8-20)4-3-17-26/h5-16,27-28H,2-4,17,26H2,1H3/b25-24-. The number of allylic oxidation sites excluding steroid dienone is 1. The molecule has 0 unspecified atom stereocenters. The normalized spacial score (nSPS) is 11.9. The van der Waals surface area contributed by atoms with E-state index in [4.69, 9.17) is 5.73 Å². The lowest BCUT2D eigenvalue weighted by molar-refractivity contribution is 0.474. The van der Waals surface area contributed by atoms with Crippen LogP contribution in [0.4, 0.5) is 0 Å². The van der Waals surface area contributed by atoms with Gasteiger partial charge in [0.05, 0.1) is 0 Å². The topological polar surface area (TPSA) is 66.5 Å².